The van der Waals surface area contributed by atoms with E-state index in [1.807, 2.05) is 24.3 Å². The summed E-state index contributed by atoms with van der Waals surface area (Å²) in [6.45, 7) is 0.545. The highest BCUT2D eigenvalue weighted by atomic mass is 32.2. The molecule has 1 aromatic carbocycles. The summed E-state index contributed by atoms with van der Waals surface area (Å²) < 4.78 is 5.15. The van der Waals surface area contributed by atoms with E-state index in [0.29, 0.717) is 18.1 Å². The lowest BCUT2D eigenvalue weighted by molar-refractivity contribution is -0.127. The fourth-order valence-corrected chi connectivity index (χ4v) is 2.83. The first kappa shape index (κ1) is 14.7. The minimum Gasteiger partial charge on any atom is -0.497 e. The molecule has 0 radical (unpaired) electrons. The van der Waals surface area contributed by atoms with Crippen LogP contribution in [0, 0.1) is 0 Å². The minimum atomic E-state index is -0.411. The van der Waals surface area contributed by atoms with Crippen LogP contribution < -0.4 is 15.4 Å². The fraction of sp³-hybridized carbons (Fsp3) is 0.429. The predicted molar refractivity (Wildman–Crippen MR) is 79.0 cm³/mol. The molecule has 1 fully saturated rings. The number of amides is 2. The van der Waals surface area contributed by atoms with E-state index in [-0.39, 0.29) is 11.8 Å². The maximum absolute atomic E-state index is 11.9. The summed E-state index contributed by atoms with van der Waals surface area (Å²) in [4.78, 5) is 23.1. The Morgan fingerprint density at radius 2 is 2.40 bits per heavy atom. The van der Waals surface area contributed by atoms with Crippen LogP contribution >= 0.6 is 11.8 Å². The SMILES string of the molecule is COc1cccc(CCNC(=O)C2CSCC(=O)N2)c1. The average Bonchev–Trinajstić information content (AvgIpc) is 2.47. The molecule has 2 rings (SSSR count). The van der Waals surface area contributed by atoms with Gasteiger partial charge in [0.15, 0.2) is 0 Å². The minimum absolute atomic E-state index is 0.0748. The molecule has 1 aliphatic heterocycles. The van der Waals surface area contributed by atoms with Crippen molar-refractivity contribution in [3.8, 4) is 5.75 Å². The van der Waals surface area contributed by atoms with Crippen molar-refractivity contribution in [3.05, 3.63) is 29.8 Å². The van der Waals surface area contributed by atoms with E-state index in [4.69, 9.17) is 4.74 Å². The third-order valence-electron chi connectivity index (χ3n) is 3.02. The molecular weight excluding hydrogens is 276 g/mol. The summed E-state index contributed by atoms with van der Waals surface area (Å²) in [6.07, 6.45) is 0.733. The Balaban J connectivity index is 1.77. The Morgan fingerprint density at radius 1 is 1.55 bits per heavy atom. The maximum atomic E-state index is 11.9. The van der Waals surface area contributed by atoms with Gasteiger partial charge in [0.05, 0.1) is 12.9 Å². The zero-order chi connectivity index (χ0) is 14.4. The molecule has 0 aromatic heterocycles. The molecule has 0 bridgehead atoms. The highest BCUT2D eigenvalue weighted by Crippen LogP contribution is 2.12. The Kier molecular flexibility index (Phi) is 5.29. The molecule has 1 aromatic rings. The van der Waals surface area contributed by atoms with Crippen LogP contribution in [-0.4, -0.2) is 43.0 Å². The van der Waals surface area contributed by atoms with E-state index in [9.17, 15) is 9.59 Å². The number of rotatable bonds is 5. The normalized spacial score (nSPS) is 18.2. The molecule has 1 heterocycles. The topological polar surface area (TPSA) is 67.4 Å². The van der Waals surface area contributed by atoms with Gasteiger partial charge >= 0.3 is 0 Å². The second-order valence-electron chi connectivity index (χ2n) is 4.53. The van der Waals surface area contributed by atoms with Gasteiger partial charge in [-0.15, -0.1) is 11.8 Å². The van der Waals surface area contributed by atoms with E-state index in [2.05, 4.69) is 10.6 Å². The molecule has 6 heteroatoms. The first-order valence-electron chi connectivity index (χ1n) is 6.47. The van der Waals surface area contributed by atoms with Gasteiger partial charge in [-0.1, -0.05) is 12.1 Å². The number of carbonyl (C=O) groups is 2. The molecule has 0 aliphatic carbocycles. The van der Waals surface area contributed by atoms with Crippen molar-refractivity contribution in [1.82, 2.24) is 10.6 Å². The number of hydrogen-bond donors (Lipinski definition) is 2. The average molecular weight is 294 g/mol. The van der Waals surface area contributed by atoms with Crippen molar-refractivity contribution in [1.29, 1.82) is 0 Å². The maximum Gasteiger partial charge on any atom is 0.243 e. The van der Waals surface area contributed by atoms with Crippen LogP contribution in [0.5, 0.6) is 5.75 Å². The number of hydrogen-bond acceptors (Lipinski definition) is 4. The highest BCUT2D eigenvalue weighted by Gasteiger charge is 2.24. The number of carbonyl (C=O) groups excluding carboxylic acids is 2. The second-order valence-corrected chi connectivity index (χ2v) is 5.56. The Hall–Kier alpha value is -1.69. The molecule has 5 nitrogen and oxygen atoms in total. The van der Waals surface area contributed by atoms with Crippen molar-refractivity contribution >= 4 is 23.6 Å². The van der Waals surface area contributed by atoms with Gasteiger partial charge in [-0.25, -0.2) is 0 Å². The zero-order valence-corrected chi connectivity index (χ0v) is 12.2. The molecule has 2 amide bonds. The number of methoxy groups -OCH3 is 1. The summed E-state index contributed by atoms with van der Waals surface area (Å²) in [7, 11) is 1.63. The Morgan fingerprint density at radius 3 is 3.15 bits per heavy atom. The third kappa shape index (κ3) is 4.16. The summed E-state index contributed by atoms with van der Waals surface area (Å²) in [5.74, 6) is 1.69. The summed E-state index contributed by atoms with van der Waals surface area (Å²) >= 11 is 1.48. The summed E-state index contributed by atoms with van der Waals surface area (Å²) in [5, 5.41) is 5.54. The third-order valence-corrected chi connectivity index (χ3v) is 4.05. The Labute approximate surface area is 122 Å². The standard InChI is InChI=1S/C14H18N2O3S/c1-19-11-4-2-3-10(7-11)5-6-15-14(18)12-8-20-9-13(17)16-12/h2-4,7,12H,5-6,8-9H2,1H3,(H,15,18)(H,16,17). The molecular formula is C14H18N2O3S. The van der Waals surface area contributed by atoms with Crippen LogP contribution in [-0.2, 0) is 16.0 Å². The number of benzene rings is 1. The number of thioether (sulfide) groups is 1. The van der Waals surface area contributed by atoms with E-state index < -0.39 is 6.04 Å². The first-order valence-corrected chi connectivity index (χ1v) is 7.62. The van der Waals surface area contributed by atoms with E-state index in [0.717, 1.165) is 17.7 Å². The van der Waals surface area contributed by atoms with Gasteiger partial charge in [0.1, 0.15) is 11.8 Å². The van der Waals surface area contributed by atoms with Gasteiger partial charge in [0, 0.05) is 12.3 Å². The van der Waals surface area contributed by atoms with Crippen molar-refractivity contribution in [2.75, 3.05) is 25.2 Å². The van der Waals surface area contributed by atoms with Crippen LogP contribution in [0.4, 0.5) is 0 Å². The largest absolute Gasteiger partial charge is 0.497 e. The number of nitrogens with one attached hydrogen (secondary N) is 2. The molecule has 1 unspecified atom stereocenters. The summed E-state index contributed by atoms with van der Waals surface area (Å²) in [5.41, 5.74) is 1.10. The monoisotopic (exact) mass is 294 g/mol. The first-order chi connectivity index (χ1) is 9.69. The van der Waals surface area contributed by atoms with Gasteiger partial charge < -0.3 is 15.4 Å². The lowest BCUT2D eigenvalue weighted by Crippen LogP contribution is -2.51. The van der Waals surface area contributed by atoms with E-state index >= 15 is 0 Å². The van der Waals surface area contributed by atoms with Crippen molar-refractivity contribution in [2.45, 2.75) is 12.5 Å². The number of ether oxygens (including phenoxy) is 1. The van der Waals surface area contributed by atoms with Crippen LogP contribution in [0.15, 0.2) is 24.3 Å². The molecule has 108 valence electrons. The van der Waals surface area contributed by atoms with Gasteiger partial charge in [0.2, 0.25) is 11.8 Å². The highest BCUT2D eigenvalue weighted by molar-refractivity contribution is 8.00. The van der Waals surface area contributed by atoms with Crippen LogP contribution in [0.2, 0.25) is 0 Å². The van der Waals surface area contributed by atoms with Crippen LogP contribution in [0.25, 0.3) is 0 Å². The molecule has 1 saturated heterocycles. The Bertz CT molecular complexity index is 493. The van der Waals surface area contributed by atoms with E-state index in [1.165, 1.54) is 11.8 Å². The second kappa shape index (κ2) is 7.19. The van der Waals surface area contributed by atoms with Crippen molar-refractivity contribution in [3.63, 3.8) is 0 Å². The lowest BCUT2D eigenvalue weighted by Gasteiger charge is -2.22. The van der Waals surface area contributed by atoms with Gasteiger partial charge in [-0.2, -0.15) is 0 Å². The van der Waals surface area contributed by atoms with Crippen LogP contribution in [0.1, 0.15) is 5.56 Å². The van der Waals surface area contributed by atoms with Gasteiger partial charge in [0.25, 0.3) is 0 Å². The lowest BCUT2D eigenvalue weighted by atomic mass is 10.1. The van der Waals surface area contributed by atoms with Gasteiger partial charge in [-0.05, 0) is 24.1 Å². The fourth-order valence-electron chi connectivity index (χ4n) is 1.97. The predicted octanol–water partition coefficient (Wildman–Crippen LogP) is 0.585. The van der Waals surface area contributed by atoms with E-state index in [1.54, 1.807) is 7.11 Å². The zero-order valence-electron chi connectivity index (χ0n) is 11.3. The molecule has 0 saturated carbocycles. The van der Waals surface area contributed by atoms with Crippen molar-refractivity contribution in [2.24, 2.45) is 0 Å². The molecule has 1 atom stereocenters. The molecule has 1 aliphatic rings. The molecule has 2 N–H and O–H groups in total. The quantitative estimate of drug-likeness (QED) is 0.834. The smallest absolute Gasteiger partial charge is 0.243 e. The molecule has 0 spiro atoms. The van der Waals surface area contributed by atoms with Crippen molar-refractivity contribution < 1.29 is 14.3 Å². The van der Waals surface area contributed by atoms with Gasteiger partial charge in [-0.3, -0.25) is 9.59 Å². The van der Waals surface area contributed by atoms with Crippen LogP contribution in [0.3, 0.4) is 0 Å². The molecule has 20 heavy (non-hydrogen) atoms. The summed E-state index contributed by atoms with van der Waals surface area (Å²) in [6, 6.07) is 7.34.